The fourth-order valence-corrected chi connectivity index (χ4v) is 1.46. The number of nitrogens with zero attached hydrogens (tertiary/aromatic N) is 2. The van der Waals surface area contributed by atoms with Gasteiger partial charge >= 0.3 is 0 Å². The number of methoxy groups -OCH3 is 1. The van der Waals surface area contributed by atoms with Crippen LogP contribution in [-0.2, 0) is 9.47 Å². The van der Waals surface area contributed by atoms with Gasteiger partial charge in [0.05, 0.1) is 19.8 Å². The van der Waals surface area contributed by atoms with Crippen LogP contribution in [-0.4, -0.2) is 50.1 Å². The number of aromatic nitrogens is 2. The summed E-state index contributed by atoms with van der Waals surface area (Å²) in [6.07, 6.45) is 0.894. The van der Waals surface area contributed by atoms with Gasteiger partial charge in [0.2, 0.25) is 11.8 Å². The molecule has 0 aliphatic rings. The molecule has 0 atom stereocenters. The highest BCUT2D eigenvalue weighted by molar-refractivity contribution is 5.30. The number of nitrogens with one attached hydrogen (secondary N) is 1. The highest BCUT2D eigenvalue weighted by Crippen LogP contribution is 2.11. The Morgan fingerprint density at radius 2 is 2.05 bits per heavy atom. The largest absolute Gasteiger partial charge is 0.478 e. The Morgan fingerprint density at radius 1 is 1.21 bits per heavy atom. The Kier molecular flexibility index (Phi) is 7.84. The summed E-state index contributed by atoms with van der Waals surface area (Å²) in [6, 6.07) is 1.82. The van der Waals surface area contributed by atoms with Gasteiger partial charge in [-0.15, -0.1) is 0 Å². The van der Waals surface area contributed by atoms with Crippen LogP contribution in [0.5, 0.6) is 5.88 Å². The van der Waals surface area contributed by atoms with Crippen molar-refractivity contribution in [1.29, 1.82) is 0 Å². The molecule has 1 rings (SSSR count). The third kappa shape index (κ3) is 6.93. The van der Waals surface area contributed by atoms with E-state index < -0.39 is 0 Å². The molecule has 1 heterocycles. The highest BCUT2D eigenvalue weighted by atomic mass is 16.5. The molecule has 0 bridgehead atoms. The van der Waals surface area contributed by atoms with Crippen molar-refractivity contribution in [3.05, 3.63) is 11.8 Å². The van der Waals surface area contributed by atoms with E-state index in [0.717, 1.165) is 18.7 Å². The second-order valence-corrected chi connectivity index (χ2v) is 3.99. The van der Waals surface area contributed by atoms with Gasteiger partial charge in [0.15, 0.2) is 0 Å². The quantitative estimate of drug-likeness (QED) is 0.652. The van der Waals surface area contributed by atoms with Gasteiger partial charge < -0.3 is 19.5 Å². The number of hydrogen-bond donors (Lipinski definition) is 1. The van der Waals surface area contributed by atoms with E-state index in [4.69, 9.17) is 14.2 Å². The molecule has 108 valence electrons. The number of hydrogen-bond acceptors (Lipinski definition) is 6. The molecule has 0 saturated heterocycles. The minimum Gasteiger partial charge on any atom is -0.478 e. The summed E-state index contributed by atoms with van der Waals surface area (Å²) in [5.74, 6) is 1.20. The first-order valence-electron chi connectivity index (χ1n) is 6.55. The average molecular weight is 269 g/mol. The smallest absolute Gasteiger partial charge is 0.226 e. The molecule has 1 aromatic heterocycles. The molecule has 0 unspecified atom stereocenters. The molecule has 6 heteroatoms. The van der Waals surface area contributed by atoms with E-state index in [9.17, 15) is 0 Å². The number of anilines is 1. The predicted octanol–water partition coefficient (Wildman–Crippen LogP) is 1.65. The lowest BCUT2D eigenvalue weighted by Crippen LogP contribution is -2.11. The summed E-state index contributed by atoms with van der Waals surface area (Å²) >= 11 is 0. The van der Waals surface area contributed by atoms with Crippen LogP contribution < -0.4 is 10.1 Å². The maximum Gasteiger partial charge on any atom is 0.226 e. The fraction of sp³-hybridized carbons (Fsp3) is 0.692. The Morgan fingerprint density at radius 3 is 2.79 bits per heavy atom. The van der Waals surface area contributed by atoms with Crippen LogP contribution in [0.25, 0.3) is 0 Å². The lowest BCUT2D eigenvalue weighted by Gasteiger charge is -2.08. The molecule has 1 N–H and O–H groups in total. The Bertz CT molecular complexity index is 361. The first-order chi connectivity index (χ1) is 9.26. The first-order valence-corrected chi connectivity index (χ1v) is 6.55. The molecule has 6 nitrogen and oxygen atoms in total. The van der Waals surface area contributed by atoms with Gasteiger partial charge in [-0.2, -0.15) is 4.98 Å². The van der Waals surface area contributed by atoms with Gasteiger partial charge in [-0.25, -0.2) is 4.98 Å². The standard InChI is InChI=1S/C13H23N3O3/c1-4-19-12-10-11(2)15-13(16-12)14-6-5-7-18-9-8-17-3/h10H,4-9H2,1-3H3,(H,14,15,16). The van der Waals surface area contributed by atoms with Crippen molar-refractivity contribution in [2.75, 3.05) is 45.4 Å². The lowest BCUT2D eigenvalue weighted by molar-refractivity contribution is 0.0705. The number of rotatable bonds is 10. The van der Waals surface area contributed by atoms with Gasteiger partial charge in [0.25, 0.3) is 0 Å². The molecule has 0 aliphatic carbocycles. The third-order valence-electron chi connectivity index (χ3n) is 2.30. The molecule has 0 amide bonds. The summed E-state index contributed by atoms with van der Waals surface area (Å²) < 4.78 is 15.6. The second kappa shape index (κ2) is 9.52. The van der Waals surface area contributed by atoms with E-state index in [1.54, 1.807) is 7.11 Å². The minimum absolute atomic E-state index is 0.598. The Hall–Kier alpha value is -1.40. The van der Waals surface area contributed by atoms with E-state index in [0.29, 0.717) is 38.3 Å². The molecule has 0 aromatic carbocycles. The van der Waals surface area contributed by atoms with E-state index in [1.807, 2.05) is 19.9 Å². The van der Waals surface area contributed by atoms with Crippen LogP contribution in [0.3, 0.4) is 0 Å². The van der Waals surface area contributed by atoms with Crippen LogP contribution in [0.2, 0.25) is 0 Å². The Balaban J connectivity index is 2.25. The van der Waals surface area contributed by atoms with Crippen molar-refractivity contribution in [3.63, 3.8) is 0 Å². The normalized spacial score (nSPS) is 10.5. The van der Waals surface area contributed by atoms with Crippen molar-refractivity contribution < 1.29 is 14.2 Å². The SMILES string of the molecule is CCOc1cc(C)nc(NCCCOCCOC)n1. The summed E-state index contributed by atoms with van der Waals surface area (Å²) in [7, 11) is 1.66. The zero-order valence-corrected chi connectivity index (χ0v) is 11.9. The molecule has 0 saturated carbocycles. The molecule has 0 aliphatic heterocycles. The highest BCUT2D eigenvalue weighted by Gasteiger charge is 2.02. The summed E-state index contributed by atoms with van der Waals surface area (Å²) in [5, 5.41) is 3.16. The van der Waals surface area contributed by atoms with E-state index >= 15 is 0 Å². The van der Waals surface area contributed by atoms with Gasteiger partial charge in [-0.05, 0) is 20.3 Å². The van der Waals surface area contributed by atoms with Crippen LogP contribution in [0.1, 0.15) is 19.0 Å². The maximum atomic E-state index is 5.37. The van der Waals surface area contributed by atoms with Gasteiger partial charge in [0.1, 0.15) is 0 Å². The molecule has 0 spiro atoms. The van der Waals surface area contributed by atoms with Gasteiger partial charge in [0, 0.05) is 32.0 Å². The van der Waals surface area contributed by atoms with Crippen LogP contribution in [0.4, 0.5) is 5.95 Å². The molecule has 0 fully saturated rings. The van der Waals surface area contributed by atoms with Crippen LogP contribution in [0, 0.1) is 6.92 Å². The summed E-state index contributed by atoms with van der Waals surface area (Å²) in [5.41, 5.74) is 0.886. The minimum atomic E-state index is 0.598. The fourth-order valence-electron chi connectivity index (χ4n) is 1.46. The monoisotopic (exact) mass is 269 g/mol. The molecular formula is C13H23N3O3. The van der Waals surface area contributed by atoms with Crippen molar-refractivity contribution in [3.8, 4) is 5.88 Å². The molecular weight excluding hydrogens is 246 g/mol. The van der Waals surface area contributed by atoms with Crippen molar-refractivity contribution in [2.24, 2.45) is 0 Å². The summed E-state index contributed by atoms with van der Waals surface area (Å²) in [4.78, 5) is 8.57. The predicted molar refractivity (Wildman–Crippen MR) is 73.7 cm³/mol. The number of ether oxygens (including phenoxy) is 3. The zero-order chi connectivity index (χ0) is 13.9. The van der Waals surface area contributed by atoms with E-state index in [-0.39, 0.29) is 0 Å². The zero-order valence-electron chi connectivity index (χ0n) is 11.9. The second-order valence-electron chi connectivity index (χ2n) is 3.99. The van der Waals surface area contributed by atoms with Crippen LogP contribution >= 0.6 is 0 Å². The van der Waals surface area contributed by atoms with E-state index in [2.05, 4.69) is 15.3 Å². The van der Waals surface area contributed by atoms with Gasteiger partial charge in [-0.3, -0.25) is 0 Å². The molecule has 1 aromatic rings. The van der Waals surface area contributed by atoms with Crippen molar-refractivity contribution in [1.82, 2.24) is 9.97 Å². The Labute approximate surface area is 114 Å². The number of aryl methyl sites for hydroxylation is 1. The maximum absolute atomic E-state index is 5.37. The molecule has 0 radical (unpaired) electrons. The third-order valence-corrected chi connectivity index (χ3v) is 2.30. The average Bonchev–Trinajstić information content (AvgIpc) is 2.37. The van der Waals surface area contributed by atoms with Crippen molar-refractivity contribution >= 4 is 5.95 Å². The topological polar surface area (TPSA) is 65.5 Å². The van der Waals surface area contributed by atoms with E-state index in [1.165, 1.54) is 0 Å². The van der Waals surface area contributed by atoms with Crippen molar-refractivity contribution in [2.45, 2.75) is 20.3 Å². The first kappa shape index (κ1) is 15.7. The van der Waals surface area contributed by atoms with Crippen LogP contribution in [0.15, 0.2) is 6.07 Å². The van der Waals surface area contributed by atoms with Gasteiger partial charge in [-0.1, -0.05) is 0 Å². The summed E-state index contributed by atoms with van der Waals surface area (Å²) in [6.45, 7) is 7.18. The molecule has 19 heavy (non-hydrogen) atoms. The lowest BCUT2D eigenvalue weighted by atomic mass is 10.4.